The number of aryl methyl sites for hydroxylation is 2. The van der Waals surface area contributed by atoms with Gasteiger partial charge in [-0.1, -0.05) is 30.3 Å². The van der Waals surface area contributed by atoms with Gasteiger partial charge < -0.3 is 0 Å². The van der Waals surface area contributed by atoms with Gasteiger partial charge in [0.25, 0.3) is 0 Å². The summed E-state index contributed by atoms with van der Waals surface area (Å²) in [7, 11) is 3.72. The van der Waals surface area contributed by atoms with Crippen LogP contribution in [-0.2, 0) is 20.3 Å². The Morgan fingerprint density at radius 1 is 0.656 bits per heavy atom. The SMILES string of the molecule is C[n+]1c(I)n(-c2cccc(-n3c(I)[n+](C)c4ccccc43)c2C(F)(F)F)c2ccccc21. The fourth-order valence-electron chi connectivity index (χ4n) is 4.22. The van der Waals surface area contributed by atoms with Crippen molar-refractivity contribution in [3.05, 3.63) is 80.0 Å². The summed E-state index contributed by atoms with van der Waals surface area (Å²) in [6.07, 6.45) is -4.56. The highest BCUT2D eigenvalue weighted by Crippen LogP contribution is 2.40. The third kappa shape index (κ3) is 3.15. The minimum atomic E-state index is -4.56. The largest absolute Gasteiger partial charge is 0.424 e. The van der Waals surface area contributed by atoms with E-state index in [4.69, 9.17) is 0 Å². The molecule has 0 unspecified atom stereocenters. The van der Waals surface area contributed by atoms with Crippen molar-refractivity contribution in [2.24, 2.45) is 14.1 Å². The van der Waals surface area contributed by atoms with Crippen LogP contribution in [0.4, 0.5) is 13.2 Å². The number of hydrogen-bond donors (Lipinski definition) is 0. The molecule has 0 saturated heterocycles. The lowest BCUT2D eigenvalue weighted by Crippen LogP contribution is -2.32. The highest BCUT2D eigenvalue weighted by Gasteiger charge is 2.43. The molecule has 0 aliphatic rings. The molecule has 3 aromatic carbocycles. The van der Waals surface area contributed by atoms with Gasteiger partial charge in [-0.15, -0.1) is 0 Å². The lowest BCUT2D eigenvalue weighted by Gasteiger charge is -2.14. The molecule has 0 N–H and O–H groups in total. The number of benzene rings is 3. The highest BCUT2D eigenvalue weighted by atomic mass is 127. The van der Waals surface area contributed by atoms with E-state index in [9.17, 15) is 13.2 Å². The smallest absolute Gasteiger partial charge is 0.221 e. The Balaban J connectivity index is 1.93. The molecule has 32 heavy (non-hydrogen) atoms. The van der Waals surface area contributed by atoms with Gasteiger partial charge in [0.1, 0.15) is 5.56 Å². The van der Waals surface area contributed by atoms with Gasteiger partial charge >= 0.3 is 13.8 Å². The Morgan fingerprint density at radius 3 is 1.47 bits per heavy atom. The van der Waals surface area contributed by atoms with E-state index in [1.54, 1.807) is 27.3 Å². The molecule has 162 valence electrons. The molecule has 0 saturated carbocycles. The number of fused-ring (bicyclic) bond motifs is 2. The molecule has 0 aliphatic carbocycles. The molecular formula is C23H17F3I2N4+2. The van der Waals surface area contributed by atoms with E-state index in [-0.39, 0.29) is 11.4 Å². The van der Waals surface area contributed by atoms with E-state index in [1.165, 1.54) is 0 Å². The number of nitrogens with zero attached hydrogens (tertiary/aromatic N) is 4. The molecule has 4 nitrogen and oxygen atoms in total. The molecule has 5 rings (SSSR count). The molecule has 0 bridgehead atoms. The summed E-state index contributed by atoms with van der Waals surface area (Å²) in [6, 6.07) is 19.7. The molecule has 0 atom stereocenters. The maximum absolute atomic E-state index is 14.7. The van der Waals surface area contributed by atoms with Crippen LogP contribution in [0.3, 0.4) is 0 Å². The zero-order valence-corrected chi connectivity index (χ0v) is 21.3. The van der Waals surface area contributed by atoms with E-state index in [2.05, 4.69) is 45.2 Å². The second-order valence-electron chi connectivity index (χ2n) is 7.47. The summed E-state index contributed by atoms with van der Waals surface area (Å²) < 4.78 is 52.7. The van der Waals surface area contributed by atoms with Crippen molar-refractivity contribution in [1.82, 2.24) is 9.13 Å². The Hall–Kier alpha value is -2.15. The third-order valence-electron chi connectivity index (χ3n) is 5.68. The van der Waals surface area contributed by atoms with Crippen LogP contribution in [0, 0.1) is 7.66 Å². The maximum atomic E-state index is 14.7. The van der Waals surface area contributed by atoms with Crippen molar-refractivity contribution in [1.29, 1.82) is 0 Å². The minimum Gasteiger partial charge on any atom is -0.221 e. The van der Waals surface area contributed by atoms with Crippen molar-refractivity contribution in [2.75, 3.05) is 0 Å². The molecule has 9 heteroatoms. The first-order valence-corrected chi connectivity index (χ1v) is 11.9. The van der Waals surface area contributed by atoms with E-state index in [0.717, 1.165) is 22.1 Å². The Kier molecular flexibility index (Phi) is 5.23. The zero-order valence-electron chi connectivity index (χ0n) is 17.0. The zero-order chi connectivity index (χ0) is 22.8. The molecule has 0 radical (unpaired) electrons. The quantitative estimate of drug-likeness (QED) is 0.177. The fraction of sp³-hybridized carbons (Fsp3) is 0.130. The monoisotopic (exact) mass is 660 g/mol. The predicted octanol–water partition coefficient (Wildman–Crippen LogP) is 5.45. The number of para-hydroxylation sites is 4. The van der Waals surface area contributed by atoms with Crippen LogP contribution >= 0.6 is 45.2 Å². The van der Waals surface area contributed by atoms with Crippen molar-refractivity contribution >= 4 is 67.2 Å². The molecule has 0 fully saturated rings. The number of aromatic nitrogens is 4. The van der Waals surface area contributed by atoms with Gasteiger partial charge in [-0.05, 0) is 36.4 Å². The van der Waals surface area contributed by atoms with Crippen molar-refractivity contribution in [3.8, 4) is 11.4 Å². The number of rotatable bonds is 2. The van der Waals surface area contributed by atoms with Gasteiger partial charge in [0.15, 0.2) is 33.4 Å². The normalized spacial score (nSPS) is 12.2. The lowest BCUT2D eigenvalue weighted by atomic mass is 10.1. The average molecular weight is 660 g/mol. The van der Waals surface area contributed by atoms with Gasteiger partial charge in [-0.3, -0.25) is 0 Å². The third-order valence-corrected chi connectivity index (χ3v) is 8.09. The average Bonchev–Trinajstić information content (AvgIpc) is 3.17. The topological polar surface area (TPSA) is 17.6 Å². The van der Waals surface area contributed by atoms with Gasteiger partial charge in [0.2, 0.25) is 0 Å². The van der Waals surface area contributed by atoms with E-state index in [1.807, 2.05) is 71.8 Å². The summed E-state index contributed by atoms with van der Waals surface area (Å²) in [4.78, 5) is 0. The van der Waals surface area contributed by atoms with Crippen LogP contribution in [-0.4, -0.2) is 9.13 Å². The number of halogens is 5. The second kappa shape index (κ2) is 7.72. The molecule has 0 amide bonds. The standard InChI is InChI=1S/C23H17F3I2N4/c1-29-14-8-3-5-10-16(14)31(21(29)27)18-12-7-13-19(20(18)23(24,25)26)32-17-11-6-4-9-15(17)30(2)22(32)28/h3-13H,1-2H3/q+2. The first-order valence-electron chi connectivity index (χ1n) is 9.72. The molecular weight excluding hydrogens is 643 g/mol. The Morgan fingerprint density at radius 2 is 1.06 bits per heavy atom. The van der Waals surface area contributed by atoms with Crippen molar-refractivity contribution in [2.45, 2.75) is 6.18 Å². The summed E-state index contributed by atoms with van der Waals surface area (Å²) in [5.41, 5.74) is 2.71. The molecule has 5 aromatic rings. The van der Waals surface area contributed by atoms with Crippen molar-refractivity contribution < 1.29 is 22.3 Å². The maximum Gasteiger partial charge on any atom is 0.424 e. The van der Waals surface area contributed by atoms with Crippen LogP contribution in [0.15, 0.2) is 66.7 Å². The fourth-order valence-corrected chi connectivity index (χ4v) is 5.78. The van der Waals surface area contributed by atoms with Crippen molar-refractivity contribution in [3.63, 3.8) is 0 Å². The van der Waals surface area contributed by atoms with E-state index >= 15 is 0 Å². The van der Waals surface area contributed by atoms with Crippen LogP contribution in [0.5, 0.6) is 0 Å². The van der Waals surface area contributed by atoms with Crippen LogP contribution in [0.25, 0.3) is 33.4 Å². The van der Waals surface area contributed by atoms with E-state index in [0.29, 0.717) is 7.66 Å². The van der Waals surface area contributed by atoms with Gasteiger partial charge in [0, 0.05) is 0 Å². The van der Waals surface area contributed by atoms with E-state index < -0.39 is 11.7 Å². The van der Waals surface area contributed by atoms with Gasteiger partial charge in [-0.2, -0.15) is 22.3 Å². The van der Waals surface area contributed by atoms with Crippen LogP contribution < -0.4 is 9.13 Å². The molecule has 0 spiro atoms. The predicted molar refractivity (Wildman–Crippen MR) is 133 cm³/mol. The van der Waals surface area contributed by atoms with Gasteiger partial charge in [0.05, 0.1) is 59.3 Å². The molecule has 0 aliphatic heterocycles. The Bertz CT molecular complexity index is 1410. The van der Waals surface area contributed by atoms with Crippen LogP contribution in [0.2, 0.25) is 0 Å². The number of hydrogen-bond acceptors (Lipinski definition) is 0. The molecule has 2 heterocycles. The Labute approximate surface area is 209 Å². The van der Waals surface area contributed by atoms with Crippen LogP contribution in [0.1, 0.15) is 5.56 Å². The summed E-state index contributed by atoms with van der Waals surface area (Å²) >= 11 is 4.21. The summed E-state index contributed by atoms with van der Waals surface area (Å²) in [5, 5.41) is 0. The first-order chi connectivity index (χ1) is 15.2. The molecule has 2 aromatic heterocycles. The lowest BCUT2D eigenvalue weighted by molar-refractivity contribution is -0.658. The summed E-state index contributed by atoms with van der Waals surface area (Å²) in [5.74, 6) is 0. The number of alkyl halides is 3. The highest BCUT2D eigenvalue weighted by molar-refractivity contribution is 14.1. The second-order valence-corrected chi connectivity index (χ2v) is 9.40. The first kappa shape index (κ1) is 21.7. The number of imidazole rings is 2. The van der Waals surface area contributed by atoms with Gasteiger partial charge in [-0.25, -0.2) is 9.13 Å². The summed E-state index contributed by atoms with van der Waals surface area (Å²) in [6.45, 7) is 0. The minimum absolute atomic E-state index is 0.104.